The third-order valence-electron chi connectivity index (χ3n) is 6.49. The number of halogens is 2. The van der Waals surface area contributed by atoms with Crippen molar-refractivity contribution in [2.45, 2.75) is 57.7 Å². The molecule has 1 saturated carbocycles. The summed E-state index contributed by atoms with van der Waals surface area (Å²) in [5, 5.41) is 3.25. The first-order valence-electron chi connectivity index (χ1n) is 12.2. The van der Waals surface area contributed by atoms with Gasteiger partial charge < -0.3 is 15.0 Å². The number of hydrogen-bond acceptors (Lipinski definition) is 5. The van der Waals surface area contributed by atoms with E-state index >= 15 is 0 Å². The molecule has 0 aliphatic heterocycles. The number of methoxy groups -OCH3 is 1. The summed E-state index contributed by atoms with van der Waals surface area (Å²) >= 11 is 12.4. The van der Waals surface area contributed by atoms with Gasteiger partial charge in [0, 0.05) is 12.6 Å². The summed E-state index contributed by atoms with van der Waals surface area (Å²) in [5.41, 5.74) is 0.822. The van der Waals surface area contributed by atoms with Crippen molar-refractivity contribution < 1.29 is 22.7 Å². The molecule has 0 aromatic heterocycles. The highest BCUT2D eigenvalue weighted by Gasteiger charge is 2.32. The van der Waals surface area contributed by atoms with Crippen LogP contribution >= 0.6 is 23.2 Å². The fraction of sp³-hybridized carbons (Fsp3) is 0.462. The lowest BCUT2D eigenvalue weighted by molar-refractivity contribution is -0.139. The van der Waals surface area contributed by atoms with E-state index in [1.165, 1.54) is 17.0 Å². The van der Waals surface area contributed by atoms with Crippen LogP contribution in [0.4, 0.5) is 5.69 Å². The fourth-order valence-electron chi connectivity index (χ4n) is 4.40. The van der Waals surface area contributed by atoms with Crippen molar-refractivity contribution in [3.05, 3.63) is 58.1 Å². The van der Waals surface area contributed by atoms with Crippen molar-refractivity contribution in [2.24, 2.45) is 0 Å². The number of sulfonamides is 1. The van der Waals surface area contributed by atoms with Crippen LogP contribution in [0.2, 0.25) is 10.0 Å². The molecule has 0 bridgehead atoms. The molecule has 2 aromatic rings. The maximum Gasteiger partial charge on any atom is 0.244 e. The number of carbonyl (C=O) groups is 2. The van der Waals surface area contributed by atoms with Gasteiger partial charge in [-0.05, 0) is 49.6 Å². The van der Waals surface area contributed by atoms with Gasteiger partial charge in [0.05, 0.1) is 29.1 Å². The zero-order chi connectivity index (χ0) is 27.2. The molecule has 1 aliphatic carbocycles. The number of anilines is 1. The maximum atomic E-state index is 13.7. The molecule has 37 heavy (non-hydrogen) atoms. The molecular formula is C26H33Cl2N3O5S. The van der Waals surface area contributed by atoms with Gasteiger partial charge in [-0.2, -0.15) is 0 Å². The van der Waals surface area contributed by atoms with E-state index in [1.54, 1.807) is 38.3 Å². The van der Waals surface area contributed by atoms with Crippen LogP contribution in [0.5, 0.6) is 5.75 Å². The highest BCUT2D eigenvalue weighted by molar-refractivity contribution is 7.92. The molecule has 3 rings (SSSR count). The van der Waals surface area contributed by atoms with Gasteiger partial charge in [-0.3, -0.25) is 13.9 Å². The quantitative estimate of drug-likeness (QED) is 0.449. The second-order valence-electron chi connectivity index (χ2n) is 9.24. The number of hydrogen-bond donors (Lipinski definition) is 1. The second-order valence-corrected chi connectivity index (χ2v) is 11.9. The van der Waals surface area contributed by atoms with Crippen LogP contribution in [0.25, 0.3) is 0 Å². The number of benzene rings is 2. The molecule has 1 N–H and O–H groups in total. The standard InChI is InChI=1S/C26H33Cl2N3O5S/c1-18(26(33)29-20-10-5-4-6-11-20)30(16-19-9-7-12-21(15-19)36-2)24(32)17-31(37(3,34)35)23-14-8-13-22(27)25(23)28/h7-9,12-15,18,20H,4-6,10-11,16-17H2,1-3H3,(H,29,33). The Morgan fingerprint density at radius 3 is 2.43 bits per heavy atom. The lowest BCUT2D eigenvalue weighted by Crippen LogP contribution is -2.53. The molecule has 8 nitrogen and oxygen atoms in total. The zero-order valence-corrected chi connectivity index (χ0v) is 23.6. The first kappa shape index (κ1) is 29.1. The predicted molar refractivity (Wildman–Crippen MR) is 147 cm³/mol. The Hall–Kier alpha value is -2.49. The molecule has 0 spiro atoms. The maximum absolute atomic E-state index is 13.7. The van der Waals surface area contributed by atoms with Crippen LogP contribution in [0.1, 0.15) is 44.6 Å². The van der Waals surface area contributed by atoms with Crippen molar-refractivity contribution in [1.29, 1.82) is 0 Å². The Morgan fingerprint density at radius 2 is 1.78 bits per heavy atom. The van der Waals surface area contributed by atoms with Gasteiger partial charge in [-0.25, -0.2) is 8.42 Å². The molecule has 0 heterocycles. The van der Waals surface area contributed by atoms with E-state index < -0.39 is 28.5 Å². The molecule has 1 unspecified atom stereocenters. The van der Waals surface area contributed by atoms with Crippen LogP contribution in [0, 0.1) is 0 Å². The van der Waals surface area contributed by atoms with E-state index in [4.69, 9.17) is 27.9 Å². The van der Waals surface area contributed by atoms with E-state index in [2.05, 4.69) is 5.32 Å². The summed E-state index contributed by atoms with van der Waals surface area (Å²) in [6, 6.07) is 10.9. The molecule has 0 saturated heterocycles. The number of nitrogens with zero attached hydrogens (tertiary/aromatic N) is 2. The molecular weight excluding hydrogens is 537 g/mol. The lowest BCUT2D eigenvalue weighted by Gasteiger charge is -2.33. The van der Waals surface area contributed by atoms with Crippen molar-refractivity contribution in [2.75, 3.05) is 24.2 Å². The Morgan fingerprint density at radius 1 is 1.11 bits per heavy atom. The summed E-state index contributed by atoms with van der Waals surface area (Å²) in [6.45, 7) is 1.17. The van der Waals surface area contributed by atoms with Crippen LogP contribution < -0.4 is 14.4 Å². The van der Waals surface area contributed by atoms with Crippen LogP contribution in [0.15, 0.2) is 42.5 Å². The minimum Gasteiger partial charge on any atom is -0.497 e. The van der Waals surface area contributed by atoms with Crippen molar-refractivity contribution in [3.63, 3.8) is 0 Å². The van der Waals surface area contributed by atoms with Gasteiger partial charge in [-0.15, -0.1) is 0 Å². The summed E-state index contributed by atoms with van der Waals surface area (Å²) in [7, 11) is -2.37. The first-order valence-corrected chi connectivity index (χ1v) is 14.8. The SMILES string of the molecule is COc1cccc(CN(C(=O)CN(c2cccc(Cl)c2Cl)S(C)(=O)=O)C(C)C(=O)NC2CCCCC2)c1. The number of ether oxygens (including phenoxy) is 1. The molecule has 0 radical (unpaired) electrons. The number of rotatable bonds is 10. The Labute approximate surface area is 228 Å². The Bertz CT molecular complexity index is 1220. The van der Waals surface area contributed by atoms with Gasteiger partial charge in [0.1, 0.15) is 18.3 Å². The average molecular weight is 571 g/mol. The normalized spacial score (nSPS) is 15.1. The van der Waals surface area contributed by atoms with Gasteiger partial charge in [-0.1, -0.05) is 60.7 Å². The monoisotopic (exact) mass is 569 g/mol. The van der Waals surface area contributed by atoms with E-state index in [0.29, 0.717) is 5.75 Å². The molecule has 2 amide bonds. The lowest BCUT2D eigenvalue weighted by atomic mass is 9.95. The van der Waals surface area contributed by atoms with Crippen molar-refractivity contribution in [1.82, 2.24) is 10.2 Å². The molecule has 11 heteroatoms. The van der Waals surface area contributed by atoms with Gasteiger partial charge in [0.25, 0.3) is 0 Å². The summed E-state index contributed by atoms with van der Waals surface area (Å²) in [4.78, 5) is 28.3. The highest BCUT2D eigenvalue weighted by Crippen LogP contribution is 2.33. The number of carbonyl (C=O) groups excluding carboxylic acids is 2. The second kappa shape index (κ2) is 12.8. The molecule has 202 valence electrons. The Balaban J connectivity index is 1.91. The zero-order valence-electron chi connectivity index (χ0n) is 21.2. The van der Waals surface area contributed by atoms with E-state index in [-0.39, 0.29) is 34.2 Å². The van der Waals surface area contributed by atoms with Crippen LogP contribution in [-0.2, 0) is 26.2 Å². The van der Waals surface area contributed by atoms with Gasteiger partial charge in [0.2, 0.25) is 21.8 Å². The number of nitrogens with one attached hydrogen (secondary N) is 1. The third-order valence-corrected chi connectivity index (χ3v) is 8.42. The minimum absolute atomic E-state index is 0.0184. The summed E-state index contributed by atoms with van der Waals surface area (Å²) < 4.78 is 31.6. The Kier molecular flexibility index (Phi) is 10.1. The van der Waals surface area contributed by atoms with Gasteiger partial charge in [0.15, 0.2) is 0 Å². The molecule has 1 atom stereocenters. The molecule has 2 aromatic carbocycles. The number of amides is 2. The predicted octanol–water partition coefficient (Wildman–Crippen LogP) is 4.63. The average Bonchev–Trinajstić information content (AvgIpc) is 2.87. The highest BCUT2D eigenvalue weighted by atomic mass is 35.5. The first-order chi connectivity index (χ1) is 17.5. The van der Waals surface area contributed by atoms with E-state index in [1.807, 2.05) is 6.07 Å². The minimum atomic E-state index is -3.92. The summed E-state index contributed by atoms with van der Waals surface area (Å²) in [5.74, 6) is -0.238. The largest absolute Gasteiger partial charge is 0.497 e. The van der Waals surface area contributed by atoms with E-state index in [9.17, 15) is 18.0 Å². The topological polar surface area (TPSA) is 96.0 Å². The van der Waals surface area contributed by atoms with Gasteiger partial charge >= 0.3 is 0 Å². The van der Waals surface area contributed by atoms with E-state index in [0.717, 1.165) is 48.2 Å². The van der Waals surface area contributed by atoms with Crippen LogP contribution in [-0.4, -0.2) is 57.1 Å². The third kappa shape index (κ3) is 7.75. The fourth-order valence-corrected chi connectivity index (χ4v) is 5.70. The van der Waals surface area contributed by atoms with Crippen molar-refractivity contribution in [3.8, 4) is 5.75 Å². The molecule has 1 fully saturated rings. The smallest absolute Gasteiger partial charge is 0.244 e. The molecule has 1 aliphatic rings. The summed E-state index contributed by atoms with van der Waals surface area (Å²) in [6.07, 6.45) is 6.04. The van der Waals surface area contributed by atoms with Crippen LogP contribution in [0.3, 0.4) is 0 Å². The van der Waals surface area contributed by atoms with Crippen molar-refractivity contribution >= 4 is 50.7 Å².